The van der Waals surface area contributed by atoms with Crippen LogP contribution < -0.4 is 4.90 Å². The summed E-state index contributed by atoms with van der Waals surface area (Å²) < 4.78 is 6.03. The summed E-state index contributed by atoms with van der Waals surface area (Å²) >= 11 is 0. The second kappa shape index (κ2) is 9.14. The fraction of sp³-hybridized carbons (Fsp3) is 0.500. The van der Waals surface area contributed by atoms with Crippen LogP contribution in [-0.2, 0) is 9.53 Å². The number of benzene rings is 1. The van der Waals surface area contributed by atoms with Crippen molar-refractivity contribution in [2.45, 2.75) is 66.1 Å². The highest BCUT2D eigenvalue weighted by Crippen LogP contribution is 2.43. The zero-order chi connectivity index (χ0) is 24.6. The summed E-state index contributed by atoms with van der Waals surface area (Å²) in [6, 6.07) is 6.68. The Morgan fingerprint density at radius 3 is 2.33 bits per heavy atom. The molecule has 1 unspecified atom stereocenters. The van der Waals surface area contributed by atoms with E-state index in [1.165, 1.54) is 0 Å². The SMILES string of the molecule is Cc1ncc(-c2cccc(C(=O)O)c2)c(N2CCC(C)(C)CC2)c1C(OC(C)(C)C)C(=O)O. The lowest BCUT2D eigenvalue weighted by atomic mass is 9.82. The quantitative estimate of drug-likeness (QED) is 0.609. The molecule has 0 saturated carbocycles. The van der Waals surface area contributed by atoms with Gasteiger partial charge in [0.2, 0.25) is 0 Å². The predicted octanol–water partition coefficient (Wildman–Crippen LogP) is 5.32. The number of rotatable bonds is 6. The number of ether oxygens (including phenoxy) is 1. The molecule has 2 heterocycles. The molecule has 1 aromatic carbocycles. The fourth-order valence-corrected chi connectivity index (χ4v) is 4.22. The van der Waals surface area contributed by atoms with Crippen LogP contribution in [0.4, 0.5) is 5.69 Å². The Morgan fingerprint density at radius 2 is 1.79 bits per heavy atom. The monoisotopic (exact) mass is 454 g/mol. The molecule has 1 aliphatic heterocycles. The summed E-state index contributed by atoms with van der Waals surface area (Å²) in [4.78, 5) is 30.7. The highest BCUT2D eigenvalue weighted by molar-refractivity contribution is 5.92. The number of carboxylic acids is 2. The Kier molecular flexibility index (Phi) is 6.84. The second-order valence-corrected chi connectivity index (χ2v) is 10.5. The van der Waals surface area contributed by atoms with Gasteiger partial charge in [-0.15, -0.1) is 0 Å². The number of aryl methyl sites for hydroxylation is 1. The van der Waals surface area contributed by atoms with Gasteiger partial charge in [-0.1, -0.05) is 26.0 Å². The van der Waals surface area contributed by atoms with Crippen LogP contribution in [0.3, 0.4) is 0 Å². The summed E-state index contributed by atoms with van der Waals surface area (Å²) in [6.45, 7) is 13.3. The van der Waals surface area contributed by atoms with Crippen LogP contribution in [0.25, 0.3) is 11.1 Å². The first-order valence-corrected chi connectivity index (χ1v) is 11.3. The molecule has 1 aromatic heterocycles. The number of aromatic nitrogens is 1. The van der Waals surface area contributed by atoms with E-state index in [2.05, 4.69) is 23.7 Å². The van der Waals surface area contributed by atoms with Crippen LogP contribution in [0.1, 0.15) is 75.2 Å². The average Bonchev–Trinajstić information content (AvgIpc) is 2.71. The molecule has 33 heavy (non-hydrogen) atoms. The number of carbonyl (C=O) groups is 2. The van der Waals surface area contributed by atoms with Crippen molar-refractivity contribution in [3.05, 3.63) is 47.3 Å². The van der Waals surface area contributed by atoms with E-state index >= 15 is 0 Å². The first-order chi connectivity index (χ1) is 15.3. The number of piperidine rings is 1. The summed E-state index contributed by atoms with van der Waals surface area (Å²) in [5.41, 5.74) is 2.95. The molecule has 1 aliphatic rings. The van der Waals surface area contributed by atoms with Gasteiger partial charge in [0.1, 0.15) is 0 Å². The van der Waals surface area contributed by atoms with Crippen molar-refractivity contribution >= 4 is 17.6 Å². The van der Waals surface area contributed by atoms with Crippen molar-refractivity contribution in [2.75, 3.05) is 18.0 Å². The normalized spacial score (nSPS) is 17.0. The van der Waals surface area contributed by atoms with Crippen LogP contribution in [0.5, 0.6) is 0 Å². The number of aliphatic carboxylic acids is 1. The van der Waals surface area contributed by atoms with E-state index in [1.807, 2.05) is 26.8 Å². The molecule has 1 saturated heterocycles. The fourth-order valence-electron chi connectivity index (χ4n) is 4.22. The average molecular weight is 455 g/mol. The number of anilines is 1. The Morgan fingerprint density at radius 1 is 1.15 bits per heavy atom. The summed E-state index contributed by atoms with van der Waals surface area (Å²) in [5.74, 6) is -2.09. The number of hydrogen-bond acceptors (Lipinski definition) is 5. The van der Waals surface area contributed by atoms with Gasteiger partial charge in [-0.2, -0.15) is 0 Å². The van der Waals surface area contributed by atoms with Crippen molar-refractivity contribution in [2.24, 2.45) is 5.41 Å². The molecule has 7 nitrogen and oxygen atoms in total. The van der Waals surface area contributed by atoms with Crippen molar-refractivity contribution in [3.8, 4) is 11.1 Å². The molecule has 2 N–H and O–H groups in total. The third-order valence-corrected chi connectivity index (χ3v) is 6.10. The minimum Gasteiger partial charge on any atom is -0.479 e. The zero-order valence-corrected chi connectivity index (χ0v) is 20.3. The minimum absolute atomic E-state index is 0.168. The molecule has 0 radical (unpaired) electrons. The van der Waals surface area contributed by atoms with Crippen molar-refractivity contribution in [1.82, 2.24) is 4.98 Å². The summed E-state index contributed by atoms with van der Waals surface area (Å²) in [6.07, 6.45) is 2.43. The van der Waals surface area contributed by atoms with Gasteiger partial charge in [0.15, 0.2) is 6.10 Å². The second-order valence-electron chi connectivity index (χ2n) is 10.5. The number of aromatic carboxylic acids is 1. The van der Waals surface area contributed by atoms with Crippen molar-refractivity contribution in [1.29, 1.82) is 0 Å². The lowest BCUT2D eigenvalue weighted by Crippen LogP contribution is -2.39. The number of carboxylic acid groups (broad SMARTS) is 2. The molecule has 7 heteroatoms. The van der Waals surface area contributed by atoms with Gasteiger partial charge in [-0.3, -0.25) is 4.98 Å². The molecular weight excluding hydrogens is 420 g/mol. The molecule has 178 valence electrons. The highest BCUT2D eigenvalue weighted by atomic mass is 16.5. The van der Waals surface area contributed by atoms with Crippen molar-refractivity contribution < 1.29 is 24.5 Å². The zero-order valence-electron chi connectivity index (χ0n) is 20.3. The Bertz CT molecular complexity index is 1050. The summed E-state index contributed by atoms with van der Waals surface area (Å²) in [7, 11) is 0. The van der Waals surface area contributed by atoms with Crippen LogP contribution >= 0.6 is 0 Å². The predicted molar refractivity (Wildman–Crippen MR) is 128 cm³/mol. The van der Waals surface area contributed by atoms with Crippen LogP contribution in [-0.4, -0.2) is 45.8 Å². The maximum Gasteiger partial charge on any atom is 0.337 e. The Hall–Kier alpha value is -2.93. The van der Waals surface area contributed by atoms with Gasteiger partial charge < -0.3 is 19.8 Å². The first-order valence-electron chi connectivity index (χ1n) is 11.3. The van der Waals surface area contributed by atoms with E-state index in [4.69, 9.17) is 4.74 Å². The standard InChI is InChI=1S/C26H34N2O5/c1-16-20(22(24(31)32)33-25(2,3)4)21(28-12-10-26(5,6)11-13-28)19(15-27-16)17-8-7-9-18(14-17)23(29)30/h7-9,14-15,22H,10-13H2,1-6H3,(H,29,30)(H,31,32). The third-order valence-electron chi connectivity index (χ3n) is 6.10. The highest BCUT2D eigenvalue weighted by Gasteiger charge is 2.35. The minimum atomic E-state index is -1.20. The molecule has 0 bridgehead atoms. The largest absolute Gasteiger partial charge is 0.479 e. The maximum absolute atomic E-state index is 12.4. The summed E-state index contributed by atoms with van der Waals surface area (Å²) in [5, 5.41) is 19.6. The smallest absolute Gasteiger partial charge is 0.337 e. The van der Waals surface area contributed by atoms with Crippen LogP contribution in [0.2, 0.25) is 0 Å². The number of pyridine rings is 1. The lowest BCUT2D eigenvalue weighted by molar-refractivity contribution is -0.160. The molecule has 1 fully saturated rings. The van der Waals surface area contributed by atoms with E-state index in [0.717, 1.165) is 31.6 Å². The van der Waals surface area contributed by atoms with E-state index in [9.17, 15) is 19.8 Å². The molecule has 2 aromatic rings. The molecule has 0 aliphatic carbocycles. The van der Waals surface area contributed by atoms with Crippen LogP contribution in [0.15, 0.2) is 30.5 Å². The first kappa shape index (κ1) is 24.7. The van der Waals surface area contributed by atoms with E-state index in [1.54, 1.807) is 31.3 Å². The molecular formula is C26H34N2O5. The number of hydrogen-bond donors (Lipinski definition) is 2. The third kappa shape index (κ3) is 5.71. The molecule has 0 amide bonds. The van der Waals surface area contributed by atoms with E-state index in [-0.39, 0.29) is 11.0 Å². The molecule has 3 rings (SSSR count). The van der Waals surface area contributed by atoms with Crippen LogP contribution in [0, 0.1) is 12.3 Å². The van der Waals surface area contributed by atoms with Gasteiger partial charge in [0.05, 0.1) is 16.9 Å². The molecule has 0 spiro atoms. The van der Waals surface area contributed by atoms with E-state index in [0.29, 0.717) is 22.4 Å². The Labute approximate surface area is 195 Å². The number of nitrogens with zero attached hydrogens (tertiary/aromatic N) is 2. The van der Waals surface area contributed by atoms with E-state index < -0.39 is 23.6 Å². The van der Waals surface area contributed by atoms with Gasteiger partial charge in [0, 0.05) is 36.1 Å². The van der Waals surface area contributed by atoms with Gasteiger partial charge in [-0.25, -0.2) is 9.59 Å². The Balaban J connectivity index is 2.26. The lowest BCUT2D eigenvalue weighted by Gasteiger charge is -2.41. The van der Waals surface area contributed by atoms with Crippen molar-refractivity contribution in [3.63, 3.8) is 0 Å². The molecule has 1 atom stereocenters. The maximum atomic E-state index is 12.4. The van der Waals surface area contributed by atoms with Gasteiger partial charge >= 0.3 is 11.9 Å². The van der Waals surface area contributed by atoms with Gasteiger partial charge in [-0.05, 0) is 63.6 Å². The topological polar surface area (TPSA) is 100.0 Å². The van der Waals surface area contributed by atoms with Gasteiger partial charge in [0.25, 0.3) is 0 Å².